The molecule has 0 amide bonds. The van der Waals surface area contributed by atoms with Gasteiger partial charge in [-0.1, -0.05) is 0 Å². The predicted octanol–water partition coefficient (Wildman–Crippen LogP) is 3.89. The quantitative estimate of drug-likeness (QED) is 0.861. The van der Waals surface area contributed by atoms with Gasteiger partial charge in [0.1, 0.15) is 5.82 Å². The molecule has 0 aromatic heterocycles. The lowest BCUT2D eigenvalue weighted by Gasteiger charge is -2.15. The zero-order valence-corrected chi connectivity index (χ0v) is 15.3. The van der Waals surface area contributed by atoms with Crippen LogP contribution in [0.3, 0.4) is 0 Å². The summed E-state index contributed by atoms with van der Waals surface area (Å²) < 4.78 is 24.8. The van der Waals surface area contributed by atoms with Crippen LogP contribution in [0.25, 0.3) is 0 Å². The Balaban J connectivity index is 2.19. The summed E-state index contributed by atoms with van der Waals surface area (Å²) in [5, 5.41) is 4.54. The zero-order chi connectivity index (χ0) is 17.3. The zero-order valence-electron chi connectivity index (χ0n) is 13.7. The normalized spacial score (nSPS) is 16.5. The van der Waals surface area contributed by atoms with Crippen LogP contribution in [0.4, 0.5) is 4.39 Å². The van der Waals surface area contributed by atoms with E-state index in [0.29, 0.717) is 16.0 Å². The number of ether oxygens (including phenoxy) is 2. The van der Waals surface area contributed by atoms with E-state index in [1.807, 2.05) is 12.1 Å². The topological polar surface area (TPSA) is 42.9 Å². The van der Waals surface area contributed by atoms with Gasteiger partial charge in [0.05, 0.1) is 24.4 Å². The highest BCUT2D eigenvalue weighted by atomic mass is 79.9. The average molecular weight is 393 g/mol. The molecule has 3 rings (SSSR count). The van der Waals surface area contributed by atoms with Crippen LogP contribution < -0.4 is 14.9 Å². The van der Waals surface area contributed by atoms with Gasteiger partial charge in [-0.05, 0) is 65.2 Å². The van der Waals surface area contributed by atoms with Crippen molar-refractivity contribution < 1.29 is 13.9 Å². The third-order valence-corrected chi connectivity index (χ3v) is 4.59. The van der Waals surface area contributed by atoms with E-state index in [4.69, 9.17) is 9.47 Å². The summed E-state index contributed by atoms with van der Waals surface area (Å²) in [6.45, 7) is 2.06. The Morgan fingerprint density at radius 3 is 2.54 bits per heavy atom. The smallest absolute Gasteiger partial charge is 0.161 e. The number of fused-ring (bicyclic) bond motifs is 1. The van der Waals surface area contributed by atoms with Gasteiger partial charge in [0.2, 0.25) is 0 Å². The molecule has 0 radical (unpaired) electrons. The van der Waals surface area contributed by atoms with Gasteiger partial charge in [-0.2, -0.15) is 5.10 Å². The van der Waals surface area contributed by atoms with E-state index in [1.54, 1.807) is 26.4 Å². The molecular formula is C18H18BrFN2O2. The molecule has 2 aromatic carbocycles. The summed E-state index contributed by atoms with van der Waals surface area (Å²) in [5.74, 6) is 1.02. The van der Waals surface area contributed by atoms with E-state index < -0.39 is 0 Å². The Hall–Kier alpha value is -2.08. The summed E-state index contributed by atoms with van der Waals surface area (Å²) in [6, 6.07) is 8.94. The summed E-state index contributed by atoms with van der Waals surface area (Å²) in [6.07, 6.45) is 0.797. The predicted molar refractivity (Wildman–Crippen MR) is 95.6 cm³/mol. The highest BCUT2D eigenvalue weighted by Crippen LogP contribution is 2.33. The lowest BCUT2D eigenvalue weighted by Crippen LogP contribution is -2.22. The molecule has 0 bridgehead atoms. The van der Waals surface area contributed by atoms with Crippen molar-refractivity contribution in [1.82, 2.24) is 5.43 Å². The van der Waals surface area contributed by atoms with Crippen molar-refractivity contribution in [3.05, 3.63) is 57.3 Å². The maximum atomic E-state index is 13.6. The van der Waals surface area contributed by atoms with E-state index in [1.165, 1.54) is 6.07 Å². The second kappa shape index (κ2) is 6.81. The minimum atomic E-state index is -0.304. The molecular weight excluding hydrogens is 375 g/mol. The molecule has 0 spiro atoms. The number of nitrogens with zero attached hydrogens (tertiary/aromatic N) is 1. The molecule has 0 aliphatic carbocycles. The molecule has 6 heteroatoms. The van der Waals surface area contributed by atoms with Crippen LogP contribution in [0, 0.1) is 5.82 Å². The van der Waals surface area contributed by atoms with Crippen LogP contribution in [-0.2, 0) is 6.42 Å². The van der Waals surface area contributed by atoms with Crippen LogP contribution in [-0.4, -0.2) is 26.0 Å². The van der Waals surface area contributed by atoms with Gasteiger partial charge in [-0.25, -0.2) is 4.39 Å². The van der Waals surface area contributed by atoms with Crippen molar-refractivity contribution in [2.45, 2.75) is 19.4 Å². The molecule has 0 fully saturated rings. The van der Waals surface area contributed by atoms with Gasteiger partial charge in [0.25, 0.3) is 0 Å². The molecule has 0 saturated carbocycles. The Labute approximate surface area is 148 Å². The van der Waals surface area contributed by atoms with Crippen molar-refractivity contribution in [3.8, 4) is 11.5 Å². The SMILES string of the molecule is COc1cc2c(cc1OC)C(c1ccc(F)c(Br)c1)=NNC(C)C2. The number of benzene rings is 2. The number of hydrogen-bond donors (Lipinski definition) is 1. The van der Waals surface area contributed by atoms with Crippen molar-refractivity contribution in [2.24, 2.45) is 5.10 Å². The van der Waals surface area contributed by atoms with Crippen molar-refractivity contribution in [1.29, 1.82) is 0 Å². The molecule has 1 N–H and O–H groups in total. The standard InChI is InChI=1S/C18H18BrFN2O2/c1-10-6-12-8-16(23-2)17(24-3)9-13(12)18(22-21-10)11-4-5-15(20)14(19)7-11/h4-5,7-10,21H,6H2,1-3H3. The first-order valence-corrected chi connectivity index (χ1v) is 8.36. The lowest BCUT2D eigenvalue weighted by atomic mass is 9.94. The number of rotatable bonds is 3. The second-order valence-electron chi connectivity index (χ2n) is 5.69. The van der Waals surface area contributed by atoms with Crippen LogP contribution >= 0.6 is 15.9 Å². The largest absolute Gasteiger partial charge is 0.493 e. The van der Waals surface area contributed by atoms with Gasteiger partial charge in [-0.3, -0.25) is 0 Å². The molecule has 1 unspecified atom stereocenters. The summed E-state index contributed by atoms with van der Waals surface area (Å²) >= 11 is 3.24. The fourth-order valence-corrected chi connectivity index (χ4v) is 3.16. The molecule has 24 heavy (non-hydrogen) atoms. The van der Waals surface area contributed by atoms with E-state index in [0.717, 1.165) is 28.8 Å². The molecule has 1 heterocycles. The van der Waals surface area contributed by atoms with Gasteiger partial charge in [-0.15, -0.1) is 0 Å². The number of hydrogen-bond acceptors (Lipinski definition) is 4. The lowest BCUT2D eigenvalue weighted by molar-refractivity contribution is 0.354. The van der Waals surface area contributed by atoms with E-state index in [-0.39, 0.29) is 11.9 Å². The molecule has 1 aliphatic rings. The van der Waals surface area contributed by atoms with Gasteiger partial charge < -0.3 is 14.9 Å². The number of hydrazone groups is 1. The number of nitrogens with one attached hydrogen (secondary N) is 1. The summed E-state index contributed by atoms with van der Waals surface area (Å²) in [7, 11) is 3.22. The van der Waals surface area contributed by atoms with Crippen molar-refractivity contribution in [2.75, 3.05) is 14.2 Å². The Morgan fingerprint density at radius 1 is 1.17 bits per heavy atom. The van der Waals surface area contributed by atoms with E-state index in [2.05, 4.69) is 33.4 Å². The first-order valence-electron chi connectivity index (χ1n) is 7.57. The van der Waals surface area contributed by atoms with Crippen LogP contribution in [0.1, 0.15) is 23.6 Å². The molecule has 2 aromatic rings. The molecule has 4 nitrogen and oxygen atoms in total. The third kappa shape index (κ3) is 3.11. The molecule has 0 saturated heterocycles. The molecule has 126 valence electrons. The van der Waals surface area contributed by atoms with Crippen molar-refractivity contribution >= 4 is 21.6 Å². The minimum absolute atomic E-state index is 0.170. The molecule has 1 atom stereocenters. The van der Waals surface area contributed by atoms with Crippen LogP contribution in [0.2, 0.25) is 0 Å². The van der Waals surface area contributed by atoms with Crippen LogP contribution in [0.15, 0.2) is 39.9 Å². The number of halogens is 2. The second-order valence-corrected chi connectivity index (χ2v) is 6.54. The maximum absolute atomic E-state index is 13.6. The summed E-state index contributed by atoms with van der Waals surface area (Å²) in [4.78, 5) is 0. The highest BCUT2D eigenvalue weighted by Gasteiger charge is 2.21. The van der Waals surface area contributed by atoms with Crippen LogP contribution in [0.5, 0.6) is 11.5 Å². The monoisotopic (exact) mass is 392 g/mol. The Bertz CT molecular complexity index is 808. The fraction of sp³-hybridized carbons (Fsp3) is 0.278. The Morgan fingerprint density at radius 2 is 1.88 bits per heavy atom. The maximum Gasteiger partial charge on any atom is 0.161 e. The first kappa shape index (κ1) is 16.8. The van der Waals surface area contributed by atoms with Gasteiger partial charge in [0.15, 0.2) is 11.5 Å². The van der Waals surface area contributed by atoms with Crippen molar-refractivity contribution in [3.63, 3.8) is 0 Å². The number of methoxy groups -OCH3 is 2. The van der Waals surface area contributed by atoms with Gasteiger partial charge >= 0.3 is 0 Å². The first-order chi connectivity index (χ1) is 11.5. The fourth-order valence-electron chi connectivity index (χ4n) is 2.78. The molecule has 1 aliphatic heterocycles. The highest BCUT2D eigenvalue weighted by molar-refractivity contribution is 9.10. The van der Waals surface area contributed by atoms with E-state index >= 15 is 0 Å². The Kier molecular flexibility index (Phi) is 4.76. The van der Waals surface area contributed by atoms with E-state index in [9.17, 15) is 4.39 Å². The minimum Gasteiger partial charge on any atom is -0.493 e. The average Bonchev–Trinajstić information content (AvgIpc) is 2.74. The third-order valence-electron chi connectivity index (χ3n) is 3.98. The van der Waals surface area contributed by atoms with Gasteiger partial charge in [0, 0.05) is 17.2 Å². The summed E-state index contributed by atoms with van der Waals surface area (Å²) in [5.41, 5.74) is 6.76.